The smallest absolute Gasteiger partial charge is 0.0693 e. The van der Waals surface area contributed by atoms with Crippen LogP contribution in [0, 0.1) is 0 Å². The third-order valence-corrected chi connectivity index (χ3v) is 2.31. The number of aliphatic hydroxyl groups excluding tert-OH is 1. The van der Waals surface area contributed by atoms with Gasteiger partial charge in [-0.05, 0) is 32.7 Å². The van der Waals surface area contributed by atoms with Gasteiger partial charge in [-0.2, -0.15) is 0 Å². The van der Waals surface area contributed by atoms with E-state index in [1.165, 1.54) is 0 Å². The molecule has 1 rings (SSSR count). The van der Waals surface area contributed by atoms with Crippen LogP contribution in [0.25, 0.3) is 0 Å². The normalized spacial score (nSPS) is 28.5. The predicted octanol–water partition coefficient (Wildman–Crippen LogP) is 0.526. The van der Waals surface area contributed by atoms with Crippen molar-refractivity contribution in [3.8, 4) is 0 Å². The summed E-state index contributed by atoms with van der Waals surface area (Å²) in [6.45, 7) is 4.59. The molecule has 0 bridgehead atoms. The van der Waals surface area contributed by atoms with Gasteiger partial charge in [-0.25, -0.2) is 0 Å². The molecule has 0 radical (unpaired) electrons. The van der Waals surface area contributed by atoms with E-state index >= 15 is 0 Å². The molecule has 72 valence electrons. The molecule has 0 heterocycles. The van der Waals surface area contributed by atoms with Crippen molar-refractivity contribution in [1.29, 1.82) is 0 Å². The molecule has 2 N–H and O–H groups in total. The van der Waals surface area contributed by atoms with Gasteiger partial charge in [0.25, 0.3) is 0 Å². The third kappa shape index (κ3) is 3.09. The molecule has 3 nitrogen and oxygen atoms in total. The topological polar surface area (TPSA) is 41.5 Å². The molecule has 0 aromatic carbocycles. The highest BCUT2D eigenvalue weighted by molar-refractivity contribution is 4.85. The number of aliphatic hydroxyl groups is 1. The van der Waals surface area contributed by atoms with E-state index in [1.807, 2.05) is 6.92 Å². The van der Waals surface area contributed by atoms with Crippen LogP contribution in [-0.2, 0) is 4.74 Å². The lowest BCUT2D eigenvalue weighted by Crippen LogP contribution is -2.48. The molecule has 3 heteroatoms. The van der Waals surface area contributed by atoms with Gasteiger partial charge in [0.15, 0.2) is 0 Å². The Labute approximate surface area is 74.1 Å². The summed E-state index contributed by atoms with van der Waals surface area (Å²) in [6, 6.07) is 0.353. The van der Waals surface area contributed by atoms with Crippen molar-refractivity contribution in [1.82, 2.24) is 5.32 Å². The Bertz CT molecular complexity index is 119. The highest BCUT2D eigenvalue weighted by Gasteiger charge is 2.27. The SMILES string of the molecule is CCOCCCN[C@@H]1CC[C@H]1O. The van der Waals surface area contributed by atoms with Gasteiger partial charge in [0.05, 0.1) is 6.10 Å². The fourth-order valence-electron chi connectivity index (χ4n) is 1.33. The van der Waals surface area contributed by atoms with E-state index < -0.39 is 0 Å². The largest absolute Gasteiger partial charge is 0.392 e. The highest BCUT2D eigenvalue weighted by atomic mass is 16.5. The fourth-order valence-corrected chi connectivity index (χ4v) is 1.33. The van der Waals surface area contributed by atoms with E-state index in [1.54, 1.807) is 0 Å². The first kappa shape index (κ1) is 9.96. The molecule has 2 atom stereocenters. The fraction of sp³-hybridized carbons (Fsp3) is 1.00. The predicted molar refractivity (Wildman–Crippen MR) is 48.1 cm³/mol. The molecule has 0 spiro atoms. The second kappa shape index (κ2) is 5.51. The standard InChI is InChI=1S/C9H19NO2/c1-2-12-7-3-6-10-8-4-5-9(8)11/h8-11H,2-7H2,1H3/t8-,9-/m1/s1. The first-order chi connectivity index (χ1) is 5.84. The molecule has 12 heavy (non-hydrogen) atoms. The summed E-state index contributed by atoms with van der Waals surface area (Å²) in [5.74, 6) is 0. The second-order valence-corrected chi connectivity index (χ2v) is 3.26. The van der Waals surface area contributed by atoms with Gasteiger partial charge in [0.2, 0.25) is 0 Å². The van der Waals surface area contributed by atoms with Crippen LogP contribution in [0.1, 0.15) is 26.2 Å². The number of hydrogen-bond acceptors (Lipinski definition) is 3. The van der Waals surface area contributed by atoms with Crippen LogP contribution >= 0.6 is 0 Å². The quantitative estimate of drug-likeness (QED) is 0.576. The van der Waals surface area contributed by atoms with E-state index in [9.17, 15) is 5.11 Å². The average molecular weight is 173 g/mol. The zero-order valence-electron chi connectivity index (χ0n) is 7.75. The minimum absolute atomic E-state index is 0.0999. The van der Waals surface area contributed by atoms with E-state index in [0.29, 0.717) is 6.04 Å². The summed E-state index contributed by atoms with van der Waals surface area (Å²) in [5, 5.41) is 12.5. The van der Waals surface area contributed by atoms with E-state index in [-0.39, 0.29) is 6.10 Å². The molecular weight excluding hydrogens is 154 g/mol. The molecule has 0 amide bonds. The van der Waals surface area contributed by atoms with Crippen molar-refractivity contribution in [3.63, 3.8) is 0 Å². The summed E-state index contributed by atoms with van der Waals surface area (Å²) in [7, 11) is 0. The summed E-state index contributed by atoms with van der Waals surface area (Å²) < 4.78 is 5.19. The first-order valence-electron chi connectivity index (χ1n) is 4.83. The Morgan fingerprint density at radius 3 is 2.83 bits per heavy atom. The Kier molecular flexibility index (Phi) is 4.58. The molecule has 1 saturated carbocycles. The zero-order valence-corrected chi connectivity index (χ0v) is 7.75. The van der Waals surface area contributed by atoms with Crippen molar-refractivity contribution in [3.05, 3.63) is 0 Å². The van der Waals surface area contributed by atoms with Crippen LogP contribution in [0.5, 0.6) is 0 Å². The summed E-state index contributed by atoms with van der Waals surface area (Å²) >= 11 is 0. The molecule has 1 aliphatic rings. The second-order valence-electron chi connectivity index (χ2n) is 3.26. The minimum atomic E-state index is -0.0999. The lowest BCUT2D eigenvalue weighted by atomic mass is 9.89. The van der Waals surface area contributed by atoms with Gasteiger partial charge in [-0.1, -0.05) is 0 Å². The van der Waals surface area contributed by atoms with E-state index in [2.05, 4.69) is 5.32 Å². The maximum absolute atomic E-state index is 9.22. The molecule has 0 aliphatic heterocycles. The first-order valence-corrected chi connectivity index (χ1v) is 4.83. The number of rotatable bonds is 6. The lowest BCUT2D eigenvalue weighted by molar-refractivity contribution is 0.0484. The van der Waals surface area contributed by atoms with Gasteiger partial charge in [-0.15, -0.1) is 0 Å². The van der Waals surface area contributed by atoms with Crippen LogP contribution in [0.3, 0.4) is 0 Å². The van der Waals surface area contributed by atoms with Crippen LogP contribution in [0.2, 0.25) is 0 Å². The summed E-state index contributed by atoms with van der Waals surface area (Å²) in [5.41, 5.74) is 0. The van der Waals surface area contributed by atoms with Gasteiger partial charge < -0.3 is 15.2 Å². The highest BCUT2D eigenvalue weighted by Crippen LogP contribution is 2.18. The minimum Gasteiger partial charge on any atom is -0.392 e. The molecule has 0 saturated heterocycles. The molecule has 1 aliphatic carbocycles. The van der Waals surface area contributed by atoms with Crippen LogP contribution in [0.4, 0.5) is 0 Å². The van der Waals surface area contributed by atoms with Crippen molar-refractivity contribution < 1.29 is 9.84 Å². The van der Waals surface area contributed by atoms with Gasteiger partial charge in [-0.3, -0.25) is 0 Å². The van der Waals surface area contributed by atoms with Gasteiger partial charge >= 0.3 is 0 Å². The van der Waals surface area contributed by atoms with E-state index in [0.717, 1.165) is 39.0 Å². The van der Waals surface area contributed by atoms with Crippen LogP contribution in [0.15, 0.2) is 0 Å². The van der Waals surface area contributed by atoms with Crippen molar-refractivity contribution >= 4 is 0 Å². The van der Waals surface area contributed by atoms with Gasteiger partial charge in [0.1, 0.15) is 0 Å². The maximum Gasteiger partial charge on any atom is 0.0693 e. The molecular formula is C9H19NO2. The molecule has 0 unspecified atom stereocenters. The number of ether oxygens (including phenoxy) is 1. The van der Waals surface area contributed by atoms with Crippen LogP contribution in [-0.4, -0.2) is 37.0 Å². The Hall–Kier alpha value is -0.120. The molecule has 0 aromatic rings. The molecule has 1 fully saturated rings. The Balaban J connectivity index is 1.82. The number of hydrogen-bond donors (Lipinski definition) is 2. The number of nitrogens with one attached hydrogen (secondary N) is 1. The van der Waals surface area contributed by atoms with Gasteiger partial charge in [0, 0.05) is 19.3 Å². The summed E-state index contributed by atoms with van der Waals surface area (Å²) in [6.07, 6.45) is 3.02. The van der Waals surface area contributed by atoms with Crippen molar-refractivity contribution in [2.75, 3.05) is 19.8 Å². The lowest BCUT2D eigenvalue weighted by Gasteiger charge is -2.33. The summed E-state index contributed by atoms with van der Waals surface area (Å²) in [4.78, 5) is 0. The average Bonchev–Trinajstić information content (AvgIpc) is 2.08. The van der Waals surface area contributed by atoms with Crippen molar-refractivity contribution in [2.45, 2.75) is 38.3 Å². The Morgan fingerprint density at radius 2 is 2.33 bits per heavy atom. The zero-order chi connectivity index (χ0) is 8.81. The third-order valence-electron chi connectivity index (χ3n) is 2.31. The monoisotopic (exact) mass is 173 g/mol. The van der Waals surface area contributed by atoms with Crippen molar-refractivity contribution in [2.24, 2.45) is 0 Å². The van der Waals surface area contributed by atoms with Crippen LogP contribution < -0.4 is 5.32 Å². The van der Waals surface area contributed by atoms with E-state index in [4.69, 9.17) is 4.74 Å². The maximum atomic E-state index is 9.22. The molecule has 0 aromatic heterocycles. The Morgan fingerprint density at radius 1 is 1.50 bits per heavy atom.